The predicted molar refractivity (Wildman–Crippen MR) is 77.1 cm³/mol. The molecule has 0 spiro atoms. The third-order valence-corrected chi connectivity index (χ3v) is 3.46. The van der Waals surface area contributed by atoms with E-state index in [0.29, 0.717) is 11.9 Å². The molecule has 0 aliphatic rings. The fourth-order valence-corrected chi connectivity index (χ4v) is 2.12. The summed E-state index contributed by atoms with van der Waals surface area (Å²) in [6.07, 6.45) is 1.71. The minimum atomic E-state index is 0.361. The van der Waals surface area contributed by atoms with Gasteiger partial charge in [-0.3, -0.25) is 0 Å². The zero-order valence-corrected chi connectivity index (χ0v) is 12.4. The molecule has 19 heavy (non-hydrogen) atoms. The van der Waals surface area contributed by atoms with Gasteiger partial charge < -0.3 is 4.74 Å². The summed E-state index contributed by atoms with van der Waals surface area (Å²) < 4.78 is 5.79. The molecule has 0 atom stereocenters. The van der Waals surface area contributed by atoms with Crippen molar-refractivity contribution in [3.8, 4) is 11.8 Å². The standard InChI is InChI=1S/C15H17ClN2O/c1-9-5-10(2)11(3)14(6-9)19-15-17-8-13(7-16)12(4)18-15/h5-6,8H,7H2,1-4H3. The molecule has 0 aliphatic carbocycles. The third kappa shape index (κ3) is 3.04. The summed E-state index contributed by atoms with van der Waals surface area (Å²) in [5.74, 6) is 1.21. The van der Waals surface area contributed by atoms with Crippen LogP contribution in [0.4, 0.5) is 0 Å². The molecule has 0 bridgehead atoms. The van der Waals surface area contributed by atoms with Gasteiger partial charge in [-0.15, -0.1) is 11.6 Å². The van der Waals surface area contributed by atoms with Crippen LogP contribution in [0.3, 0.4) is 0 Å². The second-order valence-electron chi connectivity index (χ2n) is 4.70. The van der Waals surface area contributed by atoms with E-state index in [2.05, 4.69) is 23.0 Å². The number of hydrogen-bond acceptors (Lipinski definition) is 3. The first-order valence-electron chi connectivity index (χ1n) is 6.15. The molecule has 2 rings (SSSR count). The molecule has 0 fully saturated rings. The van der Waals surface area contributed by atoms with Gasteiger partial charge in [0.25, 0.3) is 0 Å². The average Bonchev–Trinajstić information content (AvgIpc) is 2.35. The van der Waals surface area contributed by atoms with Crippen molar-refractivity contribution in [1.29, 1.82) is 0 Å². The Morgan fingerprint density at radius 3 is 2.53 bits per heavy atom. The average molecular weight is 277 g/mol. The number of aryl methyl sites for hydroxylation is 3. The molecular formula is C15H17ClN2O. The van der Waals surface area contributed by atoms with Gasteiger partial charge in [-0.1, -0.05) is 6.07 Å². The number of rotatable bonds is 3. The zero-order chi connectivity index (χ0) is 14.0. The lowest BCUT2D eigenvalue weighted by Crippen LogP contribution is -1.99. The minimum absolute atomic E-state index is 0.361. The van der Waals surface area contributed by atoms with E-state index < -0.39 is 0 Å². The summed E-state index contributed by atoms with van der Waals surface area (Å²) in [4.78, 5) is 8.51. The van der Waals surface area contributed by atoms with Gasteiger partial charge in [0.2, 0.25) is 0 Å². The molecule has 0 radical (unpaired) electrons. The number of halogens is 1. The normalized spacial score (nSPS) is 10.6. The summed E-state index contributed by atoms with van der Waals surface area (Å²) in [7, 11) is 0. The Labute approximate surface area is 118 Å². The first-order valence-corrected chi connectivity index (χ1v) is 6.69. The lowest BCUT2D eigenvalue weighted by molar-refractivity contribution is 0.436. The number of ether oxygens (including phenoxy) is 1. The Kier molecular flexibility index (Phi) is 4.05. The van der Waals surface area contributed by atoms with E-state index in [1.807, 2.05) is 26.8 Å². The molecule has 0 saturated carbocycles. The Balaban J connectivity index is 2.33. The summed E-state index contributed by atoms with van der Waals surface area (Å²) in [6, 6.07) is 4.49. The highest BCUT2D eigenvalue weighted by molar-refractivity contribution is 6.17. The first-order chi connectivity index (χ1) is 9.01. The lowest BCUT2D eigenvalue weighted by atomic mass is 10.1. The SMILES string of the molecule is Cc1cc(C)c(C)c(Oc2ncc(CCl)c(C)n2)c1. The fourth-order valence-electron chi connectivity index (χ4n) is 1.86. The molecule has 0 unspecified atom stereocenters. The van der Waals surface area contributed by atoms with Gasteiger partial charge in [-0.2, -0.15) is 4.98 Å². The van der Waals surface area contributed by atoms with Crippen molar-refractivity contribution in [3.63, 3.8) is 0 Å². The van der Waals surface area contributed by atoms with Crippen LogP contribution in [0.5, 0.6) is 11.8 Å². The molecule has 100 valence electrons. The molecule has 0 aliphatic heterocycles. The molecule has 1 aromatic heterocycles. The predicted octanol–water partition coefficient (Wildman–Crippen LogP) is 4.24. The maximum absolute atomic E-state index is 5.79. The lowest BCUT2D eigenvalue weighted by Gasteiger charge is -2.11. The van der Waals surface area contributed by atoms with Crippen LogP contribution in [0.25, 0.3) is 0 Å². The summed E-state index contributed by atoms with van der Waals surface area (Å²) in [5, 5.41) is 0. The van der Waals surface area contributed by atoms with Crippen LogP contribution in [-0.2, 0) is 5.88 Å². The van der Waals surface area contributed by atoms with E-state index in [1.165, 1.54) is 5.56 Å². The van der Waals surface area contributed by atoms with Crippen LogP contribution < -0.4 is 4.74 Å². The van der Waals surface area contributed by atoms with Crippen molar-refractivity contribution in [2.75, 3.05) is 0 Å². The molecular weight excluding hydrogens is 260 g/mol. The van der Waals surface area contributed by atoms with E-state index in [1.54, 1.807) is 6.20 Å². The molecule has 1 aromatic carbocycles. The van der Waals surface area contributed by atoms with Crippen molar-refractivity contribution in [2.45, 2.75) is 33.6 Å². The van der Waals surface area contributed by atoms with Gasteiger partial charge >= 0.3 is 6.01 Å². The monoisotopic (exact) mass is 276 g/mol. The number of aromatic nitrogens is 2. The second kappa shape index (κ2) is 5.57. The minimum Gasteiger partial charge on any atom is -0.424 e. The highest BCUT2D eigenvalue weighted by Gasteiger charge is 2.08. The summed E-state index contributed by atoms with van der Waals surface area (Å²) in [6.45, 7) is 8.05. The maximum Gasteiger partial charge on any atom is 0.322 e. The number of hydrogen-bond donors (Lipinski definition) is 0. The highest BCUT2D eigenvalue weighted by Crippen LogP contribution is 2.27. The van der Waals surface area contributed by atoms with Crippen molar-refractivity contribution in [1.82, 2.24) is 9.97 Å². The summed E-state index contributed by atoms with van der Waals surface area (Å²) in [5.41, 5.74) is 5.23. The maximum atomic E-state index is 5.79. The first kappa shape index (κ1) is 13.8. The molecule has 3 nitrogen and oxygen atoms in total. The Morgan fingerprint density at radius 1 is 1.16 bits per heavy atom. The Hall–Kier alpha value is -1.61. The van der Waals surface area contributed by atoms with Crippen molar-refractivity contribution < 1.29 is 4.74 Å². The van der Waals surface area contributed by atoms with Crippen molar-refractivity contribution in [2.24, 2.45) is 0 Å². The van der Waals surface area contributed by atoms with Gasteiger partial charge in [0.1, 0.15) is 5.75 Å². The van der Waals surface area contributed by atoms with Crippen molar-refractivity contribution >= 4 is 11.6 Å². The van der Waals surface area contributed by atoms with E-state index in [0.717, 1.165) is 28.1 Å². The van der Waals surface area contributed by atoms with E-state index in [4.69, 9.17) is 16.3 Å². The third-order valence-electron chi connectivity index (χ3n) is 3.17. The van der Waals surface area contributed by atoms with Crippen LogP contribution in [0.15, 0.2) is 18.3 Å². The molecule has 2 aromatic rings. The molecule has 0 saturated heterocycles. The van der Waals surface area contributed by atoms with Gasteiger partial charge in [0.15, 0.2) is 0 Å². The van der Waals surface area contributed by atoms with Crippen LogP contribution in [0.1, 0.15) is 27.9 Å². The largest absolute Gasteiger partial charge is 0.424 e. The number of alkyl halides is 1. The summed E-state index contributed by atoms with van der Waals surface area (Å²) >= 11 is 5.79. The topological polar surface area (TPSA) is 35.0 Å². The van der Waals surface area contributed by atoms with Crippen LogP contribution in [-0.4, -0.2) is 9.97 Å². The van der Waals surface area contributed by atoms with Gasteiger partial charge in [0.05, 0.1) is 5.88 Å². The van der Waals surface area contributed by atoms with E-state index in [-0.39, 0.29) is 0 Å². The van der Waals surface area contributed by atoms with Crippen LogP contribution in [0.2, 0.25) is 0 Å². The van der Waals surface area contributed by atoms with Gasteiger partial charge in [-0.25, -0.2) is 4.98 Å². The van der Waals surface area contributed by atoms with E-state index >= 15 is 0 Å². The second-order valence-corrected chi connectivity index (χ2v) is 4.97. The number of benzene rings is 1. The van der Waals surface area contributed by atoms with Crippen LogP contribution in [0, 0.1) is 27.7 Å². The Bertz CT molecular complexity index is 611. The molecule has 0 amide bonds. The molecule has 0 N–H and O–H groups in total. The zero-order valence-electron chi connectivity index (χ0n) is 11.6. The van der Waals surface area contributed by atoms with Gasteiger partial charge in [-0.05, 0) is 50.5 Å². The van der Waals surface area contributed by atoms with Crippen molar-refractivity contribution in [3.05, 3.63) is 46.3 Å². The molecule has 4 heteroatoms. The van der Waals surface area contributed by atoms with Gasteiger partial charge in [0, 0.05) is 17.5 Å². The molecule has 1 heterocycles. The fraction of sp³-hybridized carbons (Fsp3) is 0.333. The quantitative estimate of drug-likeness (QED) is 0.787. The van der Waals surface area contributed by atoms with Crippen LogP contribution >= 0.6 is 11.6 Å². The number of nitrogens with zero attached hydrogens (tertiary/aromatic N) is 2. The smallest absolute Gasteiger partial charge is 0.322 e. The Morgan fingerprint density at radius 2 is 1.89 bits per heavy atom. The van der Waals surface area contributed by atoms with E-state index in [9.17, 15) is 0 Å². The highest BCUT2D eigenvalue weighted by atomic mass is 35.5.